The molecule has 1 aromatic rings. The van der Waals surface area contributed by atoms with E-state index in [1.807, 2.05) is 5.32 Å². The van der Waals surface area contributed by atoms with E-state index in [2.05, 4.69) is 63.5 Å². The average molecular weight is 1520 g/mol. The molecule has 36 nitrogen and oxygen atoms in total. The van der Waals surface area contributed by atoms with Crippen LogP contribution in [-0.4, -0.2) is 225 Å². The lowest BCUT2D eigenvalue weighted by Gasteiger charge is -2.35. The minimum absolute atomic E-state index is 0.00244. The highest BCUT2D eigenvalue weighted by atomic mass is 19.4. The van der Waals surface area contributed by atoms with Crippen molar-refractivity contribution in [2.75, 3.05) is 19.7 Å². The number of carbonyl (C=O) groups is 14. The van der Waals surface area contributed by atoms with Crippen molar-refractivity contribution in [2.45, 2.75) is 246 Å². The van der Waals surface area contributed by atoms with Crippen LogP contribution in [0.4, 0.5) is 18.0 Å². The molecule has 2 rings (SSSR count). The van der Waals surface area contributed by atoms with E-state index in [1.54, 1.807) is 90.0 Å². The number of alkyl halides is 3. The SMILES string of the molecule is CC[C@H](C)[C@@H]1NC(=O)[C@@H](CCCN=C(N)N)NC(=O)[C@H](CC(C)C)NC(=O)[C@H]([C@H](O)C(C)C)NC(=O)[C@@H](NC(=O)[C@H](CC(C)(C)C)NC(=O)[C@@H](CC(C)(C)C)NC(=O)OC(C)(C)C)[C@@H](c2ccccc2)NC(=O)[C@H](CO)NC(=O)[C@H]([C@H](O)C(N)=O)NC(=O)CNC(=O)[C@H]([C@H](C)O)NC1=O.O=C(O)C(F)(F)F. The van der Waals surface area contributed by atoms with Crippen molar-refractivity contribution in [3.8, 4) is 0 Å². The van der Waals surface area contributed by atoms with Crippen molar-refractivity contribution in [1.29, 1.82) is 0 Å². The van der Waals surface area contributed by atoms with E-state index >= 15 is 14.4 Å². The minimum atomic E-state index is -5.08. The molecule has 0 saturated carbocycles. The fraction of sp³-hybridized carbons (Fsp3) is 0.687. The number of aliphatic hydroxyl groups excluding tert-OH is 4. The third-order valence-electron chi connectivity index (χ3n) is 15.7. The minimum Gasteiger partial charge on any atom is -0.475 e. The Hall–Kier alpha value is -9.50. The summed E-state index contributed by atoms with van der Waals surface area (Å²) >= 11 is 0. The third-order valence-corrected chi connectivity index (χ3v) is 15.7. The van der Waals surface area contributed by atoms with Crippen molar-refractivity contribution >= 4 is 88.9 Å². The molecular formula is C67H111F3N16O20. The smallest absolute Gasteiger partial charge is 0.475 e. The lowest BCUT2D eigenvalue weighted by Crippen LogP contribution is -2.65. The number of nitrogens with two attached hydrogens (primary N) is 3. The third kappa shape index (κ3) is 34.2. The maximum Gasteiger partial charge on any atom is 0.490 e. The van der Waals surface area contributed by atoms with Gasteiger partial charge in [-0.15, -0.1) is 0 Å². The van der Waals surface area contributed by atoms with Crippen LogP contribution in [0.5, 0.6) is 0 Å². The fourth-order valence-corrected chi connectivity index (χ4v) is 10.1. The topological polar surface area (TPSA) is 584 Å². The molecule has 0 radical (unpaired) electrons. The molecule has 1 aliphatic rings. The van der Waals surface area contributed by atoms with Gasteiger partial charge in [-0.2, -0.15) is 13.2 Å². The van der Waals surface area contributed by atoms with E-state index in [1.165, 1.54) is 44.2 Å². The molecule has 39 heteroatoms. The lowest BCUT2D eigenvalue weighted by atomic mass is 9.86. The first kappa shape index (κ1) is 94.5. The first-order chi connectivity index (χ1) is 48.6. The first-order valence-electron chi connectivity index (χ1n) is 34.3. The number of guanidine groups is 1. The first-order valence-corrected chi connectivity index (χ1v) is 34.3. The number of aliphatic hydroxyl groups is 4. The molecule has 0 unspecified atom stereocenters. The number of aliphatic carboxylic acids is 1. The van der Waals surface area contributed by atoms with Crippen molar-refractivity contribution < 1.29 is 111 Å². The summed E-state index contributed by atoms with van der Waals surface area (Å²) < 4.78 is 37.2. The number of halogens is 3. The van der Waals surface area contributed by atoms with Crippen molar-refractivity contribution in [3.05, 3.63) is 35.9 Å². The summed E-state index contributed by atoms with van der Waals surface area (Å²) in [7, 11) is 0. The number of hydrogen-bond donors (Lipinski definition) is 20. The molecule has 1 fully saturated rings. The van der Waals surface area contributed by atoms with Crippen LogP contribution in [0.15, 0.2) is 35.3 Å². The number of benzene rings is 1. The van der Waals surface area contributed by atoms with Gasteiger partial charge in [0.25, 0.3) is 0 Å². The fourth-order valence-electron chi connectivity index (χ4n) is 10.1. The van der Waals surface area contributed by atoms with Crippen molar-refractivity contribution in [3.63, 3.8) is 0 Å². The number of nitrogens with one attached hydrogen (secondary N) is 12. The van der Waals surface area contributed by atoms with Gasteiger partial charge < -0.3 is 111 Å². The Morgan fingerprint density at radius 2 is 1.09 bits per heavy atom. The van der Waals surface area contributed by atoms with Gasteiger partial charge in [0.1, 0.15) is 66.0 Å². The number of aliphatic imine (C=N–C) groups is 1. The predicted octanol–water partition coefficient (Wildman–Crippen LogP) is -2.88. The zero-order valence-electron chi connectivity index (χ0n) is 62.7. The molecule has 1 aromatic carbocycles. The Bertz CT molecular complexity index is 3210. The molecule has 15 atom stereocenters. The van der Waals surface area contributed by atoms with Gasteiger partial charge in [-0.25, -0.2) is 9.59 Å². The van der Waals surface area contributed by atoms with E-state index in [-0.39, 0.29) is 56.6 Å². The van der Waals surface area contributed by atoms with Crippen LogP contribution in [0.2, 0.25) is 0 Å². The van der Waals surface area contributed by atoms with Gasteiger partial charge in [-0.05, 0) is 93.9 Å². The van der Waals surface area contributed by atoms with E-state index in [9.17, 15) is 81.5 Å². The van der Waals surface area contributed by atoms with Gasteiger partial charge in [-0.1, -0.05) is 120 Å². The number of carbonyl (C=O) groups excluding carboxylic acids is 13. The molecule has 106 heavy (non-hydrogen) atoms. The molecule has 600 valence electrons. The van der Waals surface area contributed by atoms with Crippen LogP contribution in [-0.2, 0) is 67.1 Å². The molecule has 0 spiro atoms. The molecule has 0 bridgehead atoms. The summed E-state index contributed by atoms with van der Waals surface area (Å²) in [4.78, 5) is 199. The van der Waals surface area contributed by atoms with Crippen LogP contribution < -0.4 is 81.0 Å². The number of primary amides is 1. The van der Waals surface area contributed by atoms with E-state index < -0.39 is 221 Å². The Kier molecular flexibility index (Phi) is 38.0. The van der Waals surface area contributed by atoms with Gasteiger partial charge in [0, 0.05) is 6.54 Å². The number of nitrogens with zero attached hydrogens (tertiary/aromatic N) is 1. The monoisotopic (exact) mass is 1520 g/mol. The molecule has 0 aliphatic carbocycles. The number of ether oxygens (including phenoxy) is 1. The normalized spacial score (nSPS) is 23.0. The Balaban J connectivity index is 0.00000760. The van der Waals surface area contributed by atoms with Crippen LogP contribution in [0.1, 0.15) is 161 Å². The predicted molar refractivity (Wildman–Crippen MR) is 376 cm³/mol. The second-order valence-electron chi connectivity index (χ2n) is 29.8. The summed E-state index contributed by atoms with van der Waals surface area (Å²) in [5.41, 5.74) is 14.1. The summed E-state index contributed by atoms with van der Waals surface area (Å²) in [6, 6.07) is -12.8. The zero-order valence-corrected chi connectivity index (χ0v) is 62.7. The maximum absolute atomic E-state index is 15.7. The number of amides is 13. The number of carboxylic acids is 1. The number of alkyl carbamates (subject to hydrolysis) is 1. The highest BCUT2D eigenvalue weighted by Gasteiger charge is 2.44. The van der Waals surface area contributed by atoms with Crippen LogP contribution >= 0.6 is 0 Å². The number of rotatable bonds is 22. The Labute approximate surface area is 613 Å². The van der Waals surface area contributed by atoms with Gasteiger partial charge in [0.2, 0.25) is 70.9 Å². The maximum atomic E-state index is 15.7. The Morgan fingerprint density at radius 3 is 1.57 bits per heavy atom. The van der Waals surface area contributed by atoms with Crippen LogP contribution in [0.25, 0.3) is 0 Å². The highest BCUT2D eigenvalue weighted by molar-refractivity contribution is 6.01. The number of hydrogen-bond acceptors (Lipinski definition) is 20. The summed E-state index contributed by atoms with van der Waals surface area (Å²) in [6.07, 6.45) is -12.4. The molecule has 1 aliphatic heterocycles. The van der Waals surface area contributed by atoms with Crippen molar-refractivity contribution in [2.24, 2.45) is 50.8 Å². The van der Waals surface area contributed by atoms with Crippen molar-refractivity contribution in [1.82, 2.24) is 63.8 Å². The number of carboxylic acid groups (broad SMARTS) is 1. The summed E-state index contributed by atoms with van der Waals surface area (Å²) in [5.74, 6) is -19.6. The highest BCUT2D eigenvalue weighted by Crippen LogP contribution is 2.26. The van der Waals surface area contributed by atoms with Gasteiger partial charge >= 0.3 is 18.2 Å². The molecule has 1 saturated heterocycles. The molecule has 0 aromatic heterocycles. The van der Waals surface area contributed by atoms with Gasteiger partial charge in [-0.3, -0.25) is 62.5 Å². The van der Waals surface area contributed by atoms with Gasteiger partial charge in [0.05, 0.1) is 31.4 Å². The molecule has 1 heterocycles. The Morgan fingerprint density at radius 1 is 0.613 bits per heavy atom. The van der Waals surface area contributed by atoms with E-state index in [4.69, 9.17) is 31.8 Å². The van der Waals surface area contributed by atoms with E-state index in [0.29, 0.717) is 0 Å². The average Bonchev–Trinajstić information content (AvgIpc) is 0.812. The summed E-state index contributed by atoms with van der Waals surface area (Å²) in [5, 5.41) is 81.1. The summed E-state index contributed by atoms with van der Waals surface area (Å²) in [6.45, 7) is 23.7. The lowest BCUT2D eigenvalue weighted by molar-refractivity contribution is -0.192. The largest absolute Gasteiger partial charge is 0.490 e. The second kappa shape index (κ2) is 42.6. The molecule has 23 N–H and O–H groups in total. The molecule has 13 amide bonds. The quantitative estimate of drug-likeness (QED) is 0.0315. The van der Waals surface area contributed by atoms with Crippen LogP contribution in [0.3, 0.4) is 0 Å². The van der Waals surface area contributed by atoms with Gasteiger partial charge in [0.15, 0.2) is 12.1 Å². The standard InChI is InChI=1S/C65H110N16O18.C2HF3O2/c1-17-33(6)42-57(94)78-43(34(7)83)56(93)70-29-41(84)76-47(49(86)50(66)87)60(97)74-40(30-82)55(92)79-44(35-22-19-18-20-23-35)45(80-54(91)38(27-63(8,9)10)73-53(90)39(28-64(11,12)13)75-62(98)99-65(14,15)16)58(95)81-46(48(85)32(4)5)59(96)72-37(26-31(2)3)52(89)71-36(51(88)77-42)24-21-25-69-61(67)68;3-2(4,5)1(6)7/h18-20,22-23,31-34,36-40,42-49,82-83,85-86H,17,21,24-30H2,1-16H3,(H2,66,87)(H,70,93)(H,71,89)(H,72,96)(H,73,90)(H,74,97)(H,75,98)(H,76,84)(H,77,88)(H,78,94)(H,79,92)(H,80,91)(H,81,95)(H4,67,68,69);(H,6,7)/t33-,34-,36+,37-,38-,39+,40-,42-,43-,44+,45-,46-,47-,48+,49-;/m0./s1. The zero-order chi connectivity index (χ0) is 81.9. The molecular weight excluding hydrogens is 1410 g/mol. The van der Waals surface area contributed by atoms with E-state index in [0.717, 1.165) is 6.92 Å². The second-order valence-corrected chi connectivity index (χ2v) is 29.8. The van der Waals surface area contributed by atoms with Crippen LogP contribution in [0, 0.1) is 28.6 Å².